The Balaban J connectivity index is 1.73. The summed E-state index contributed by atoms with van der Waals surface area (Å²) in [6, 6.07) is 9.73. The molecule has 1 amide bonds. The molecule has 0 radical (unpaired) electrons. The van der Waals surface area contributed by atoms with Gasteiger partial charge in [-0.15, -0.1) is 0 Å². The highest BCUT2D eigenvalue weighted by Crippen LogP contribution is 2.09. The zero-order chi connectivity index (χ0) is 19.9. The van der Waals surface area contributed by atoms with E-state index in [1.807, 2.05) is 4.72 Å². The summed E-state index contributed by atoms with van der Waals surface area (Å²) in [5.41, 5.74) is 0.652. The molecule has 0 aliphatic heterocycles. The van der Waals surface area contributed by atoms with Crippen LogP contribution in [0.1, 0.15) is 5.56 Å². The molecule has 2 aromatic rings. The normalized spacial score (nSPS) is 11.0. The summed E-state index contributed by atoms with van der Waals surface area (Å²) in [5.74, 6) is -2.73. The Morgan fingerprint density at radius 1 is 1.00 bits per heavy atom. The highest BCUT2D eigenvalue weighted by molar-refractivity contribution is 7.89. The third-order valence-corrected chi connectivity index (χ3v) is 4.68. The fraction of sp³-hybridized carbons (Fsp3) is 0.176. The molecule has 10 heteroatoms. The quantitative estimate of drug-likeness (QED) is 0.649. The van der Waals surface area contributed by atoms with Crippen molar-refractivity contribution in [3.05, 3.63) is 65.7 Å². The maximum absolute atomic E-state index is 13.1. The summed E-state index contributed by atoms with van der Waals surface area (Å²) in [5, 5.41) is 2.46. The van der Waals surface area contributed by atoms with Gasteiger partial charge in [0.2, 0.25) is 10.0 Å². The van der Waals surface area contributed by atoms with Crippen LogP contribution in [0.5, 0.6) is 0 Å². The topological polar surface area (TPSA) is 102 Å². The standard InChI is InChI=1S/C17H16F2N2O5S/c18-13-6-4-12(5-7-13)9-20-16(22)11-26-17(23)10-21-27(24,25)15-3-1-2-14(19)8-15/h1-8,21H,9-11H2,(H,20,22). The van der Waals surface area contributed by atoms with Crippen molar-refractivity contribution in [2.45, 2.75) is 11.4 Å². The van der Waals surface area contributed by atoms with Gasteiger partial charge in [0.15, 0.2) is 6.61 Å². The number of rotatable bonds is 8. The van der Waals surface area contributed by atoms with E-state index in [0.29, 0.717) is 5.56 Å². The van der Waals surface area contributed by atoms with E-state index in [4.69, 9.17) is 0 Å². The molecule has 0 heterocycles. The minimum Gasteiger partial charge on any atom is -0.455 e. The van der Waals surface area contributed by atoms with Crippen LogP contribution in [0.25, 0.3) is 0 Å². The van der Waals surface area contributed by atoms with Gasteiger partial charge in [-0.3, -0.25) is 9.59 Å². The van der Waals surface area contributed by atoms with Crippen LogP contribution >= 0.6 is 0 Å². The van der Waals surface area contributed by atoms with Gasteiger partial charge >= 0.3 is 5.97 Å². The number of carbonyl (C=O) groups excluding carboxylic acids is 2. The predicted octanol–water partition coefficient (Wildman–Crippen LogP) is 1.10. The van der Waals surface area contributed by atoms with Crippen LogP contribution in [-0.2, 0) is 30.9 Å². The molecule has 0 saturated carbocycles. The zero-order valence-corrected chi connectivity index (χ0v) is 14.8. The average Bonchev–Trinajstić information content (AvgIpc) is 2.64. The van der Waals surface area contributed by atoms with Crippen LogP contribution in [0.15, 0.2) is 53.4 Å². The number of nitrogens with one attached hydrogen (secondary N) is 2. The van der Waals surface area contributed by atoms with Gasteiger partial charge < -0.3 is 10.1 Å². The van der Waals surface area contributed by atoms with E-state index in [1.54, 1.807) is 0 Å². The summed E-state index contributed by atoms with van der Waals surface area (Å²) >= 11 is 0. The monoisotopic (exact) mass is 398 g/mol. The molecule has 7 nitrogen and oxygen atoms in total. The summed E-state index contributed by atoms with van der Waals surface area (Å²) in [7, 11) is -4.09. The lowest BCUT2D eigenvalue weighted by molar-refractivity contribution is -0.147. The van der Waals surface area contributed by atoms with Gasteiger partial charge in [-0.2, -0.15) is 4.72 Å². The molecule has 0 aliphatic rings. The third kappa shape index (κ3) is 6.76. The van der Waals surface area contributed by atoms with Gasteiger partial charge in [0.25, 0.3) is 5.91 Å². The molecule has 0 aliphatic carbocycles. The first-order chi connectivity index (χ1) is 12.8. The average molecular weight is 398 g/mol. The molecule has 0 unspecified atom stereocenters. The van der Waals surface area contributed by atoms with Crippen molar-refractivity contribution in [1.29, 1.82) is 0 Å². The maximum atomic E-state index is 13.1. The van der Waals surface area contributed by atoms with E-state index in [0.717, 1.165) is 12.1 Å². The Morgan fingerprint density at radius 2 is 1.70 bits per heavy atom. The highest BCUT2D eigenvalue weighted by atomic mass is 32.2. The largest absolute Gasteiger partial charge is 0.455 e. The van der Waals surface area contributed by atoms with Gasteiger partial charge in [0.05, 0.1) is 4.90 Å². The fourth-order valence-electron chi connectivity index (χ4n) is 1.92. The van der Waals surface area contributed by atoms with Crippen LogP contribution in [0.3, 0.4) is 0 Å². The number of amides is 1. The highest BCUT2D eigenvalue weighted by Gasteiger charge is 2.17. The minimum absolute atomic E-state index is 0.114. The summed E-state index contributed by atoms with van der Waals surface area (Å²) < 4.78 is 56.3. The Hall–Kier alpha value is -2.85. The van der Waals surface area contributed by atoms with Crippen LogP contribution in [0.4, 0.5) is 8.78 Å². The smallest absolute Gasteiger partial charge is 0.321 e. The van der Waals surface area contributed by atoms with Crippen molar-refractivity contribution in [2.75, 3.05) is 13.2 Å². The first kappa shape index (κ1) is 20.5. The van der Waals surface area contributed by atoms with Crippen LogP contribution in [0.2, 0.25) is 0 Å². The van der Waals surface area contributed by atoms with Crippen LogP contribution < -0.4 is 10.0 Å². The molecule has 0 atom stereocenters. The molecule has 0 saturated heterocycles. The third-order valence-electron chi connectivity index (χ3n) is 3.28. The SMILES string of the molecule is O=C(COC(=O)CNS(=O)(=O)c1cccc(F)c1)NCc1ccc(F)cc1. The van der Waals surface area contributed by atoms with E-state index in [2.05, 4.69) is 10.1 Å². The van der Waals surface area contributed by atoms with Crippen molar-refractivity contribution in [1.82, 2.24) is 10.0 Å². The molecule has 27 heavy (non-hydrogen) atoms. The van der Waals surface area contributed by atoms with Gasteiger partial charge in [-0.25, -0.2) is 17.2 Å². The fourth-order valence-corrected chi connectivity index (χ4v) is 2.92. The van der Waals surface area contributed by atoms with Crippen molar-refractivity contribution >= 4 is 21.9 Å². The van der Waals surface area contributed by atoms with E-state index >= 15 is 0 Å². The molecule has 2 aromatic carbocycles. The van der Waals surface area contributed by atoms with E-state index in [1.165, 1.54) is 36.4 Å². The Labute approximate surface area is 154 Å². The second-order valence-electron chi connectivity index (χ2n) is 5.35. The van der Waals surface area contributed by atoms with Crippen molar-refractivity contribution in [3.8, 4) is 0 Å². The molecule has 144 valence electrons. The molecule has 2 rings (SSSR count). The van der Waals surface area contributed by atoms with E-state index in [-0.39, 0.29) is 11.4 Å². The molecule has 0 bridgehead atoms. The second kappa shape index (κ2) is 9.19. The number of hydrogen-bond acceptors (Lipinski definition) is 5. The number of benzene rings is 2. The lowest BCUT2D eigenvalue weighted by atomic mass is 10.2. The van der Waals surface area contributed by atoms with Gasteiger partial charge in [-0.1, -0.05) is 18.2 Å². The van der Waals surface area contributed by atoms with Gasteiger partial charge in [0, 0.05) is 6.54 Å². The summed E-state index contributed by atoms with van der Waals surface area (Å²) in [6.45, 7) is -1.21. The number of halogens is 2. The van der Waals surface area contributed by atoms with E-state index in [9.17, 15) is 26.8 Å². The Bertz CT molecular complexity index is 917. The lowest BCUT2D eigenvalue weighted by Crippen LogP contribution is -2.33. The predicted molar refractivity (Wildman–Crippen MR) is 90.8 cm³/mol. The van der Waals surface area contributed by atoms with Crippen LogP contribution in [-0.4, -0.2) is 33.4 Å². The molecular formula is C17H16F2N2O5S. The maximum Gasteiger partial charge on any atom is 0.321 e. The molecule has 0 fully saturated rings. The number of esters is 1. The minimum atomic E-state index is -4.09. The number of ether oxygens (including phenoxy) is 1. The Morgan fingerprint density at radius 3 is 2.37 bits per heavy atom. The van der Waals surface area contributed by atoms with Gasteiger partial charge in [0.1, 0.15) is 18.2 Å². The van der Waals surface area contributed by atoms with Crippen molar-refractivity contribution in [2.24, 2.45) is 0 Å². The lowest BCUT2D eigenvalue weighted by Gasteiger charge is -2.08. The van der Waals surface area contributed by atoms with E-state index < -0.39 is 46.7 Å². The zero-order valence-electron chi connectivity index (χ0n) is 13.9. The second-order valence-corrected chi connectivity index (χ2v) is 7.11. The first-order valence-corrected chi connectivity index (χ1v) is 9.16. The first-order valence-electron chi connectivity index (χ1n) is 7.68. The number of sulfonamides is 1. The summed E-state index contributed by atoms with van der Waals surface area (Å²) in [6.07, 6.45) is 0. The number of carbonyl (C=O) groups is 2. The van der Waals surface area contributed by atoms with Crippen LogP contribution in [0, 0.1) is 11.6 Å². The van der Waals surface area contributed by atoms with Gasteiger partial charge in [-0.05, 0) is 35.9 Å². The summed E-state index contributed by atoms with van der Waals surface area (Å²) in [4.78, 5) is 22.8. The number of hydrogen-bond donors (Lipinski definition) is 2. The molecule has 0 aromatic heterocycles. The Kier molecular flexibility index (Phi) is 6.97. The molecular weight excluding hydrogens is 382 g/mol. The van der Waals surface area contributed by atoms with Crippen molar-refractivity contribution < 1.29 is 31.5 Å². The van der Waals surface area contributed by atoms with Crippen molar-refractivity contribution in [3.63, 3.8) is 0 Å². The molecule has 2 N–H and O–H groups in total. The molecule has 0 spiro atoms.